The SMILES string of the molecule is Cc1ccc(C2C3=C(CC(C)(C)CC3=O)N(c3cccc(Cl)c3)C(=N)/C2=C(/O)c2ccccc2)cc1. The molecule has 1 unspecified atom stereocenters. The second-order valence-electron chi connectivity index (χ2n) is 10.4. The molecule has 2 N–H and O–H groups in total. The number of aliphatic hydroxyl groups is 1. The third-order valence-corrected chi connectivity index (χ3v) is 7.24. The van der Waals surface area contributed by atoms with Crippen LogP contribution in [0, 0.1) is 17.7 Å². The van der Waals surface area contributed by atoms with Gasteiger partial charge in [0.05, 0.1) is 0 Å². The van der Waals surface area contributed by atoms with Crippen LogP contribution in [-0.2, 0) is 4.79 Å². The summed E-state index contributed by atoms with van der Waals surface area (Å²) in [5.41, 5.74) is 4.90. The molecule has 4 nitrogen and oxygen atoms in total. The van der Waals surface area contributed by atoms with E-state index in [4.69, 9.17) is 11.6 Å². The van der Waals surface area contributed by atoms with Crippen LogP contribution in [0.4, 0.5) is 5.69 Å². The molecule has 0 saturated heterocycles. The molecule has 5 heteroatoms. The van der Waals surface area contributed by atoms with E-state index in [0.717, 1.165) is 16.8 Å². The summed E-state index contributed by atoms with van der Waals surface area (Å²) in [5, 5.41) is 21.6. The Balaban J connectivity index is 1.86. The maximum atomic E-state index is 13.9. The smallest absolute Gasteiger partial charge is 0.162 e. The van der Waals surface area contributed by atoms with Crippen LogP contribution >= 0.6 is 11.6 Å². The van der Waals surface area contributed by atoms with Crippen LogP contribution in [0.5, 0.6) is 0 Å². The van der Waals surface area contributed by atoms with Crippen LogP contribution in [-0.4, -0.2) is 16.7 Å². The van der Waals surface area contributed by atoms with E-state index in [1.807, 2.05) is 73.7 Å². The Bertz CT molecular complexity index is 1420. The number of hydrogen-bond donors (Lipinski definition) is 2. The van der Waals surface area contributed by atoms with E-state index < -0.39 is 5.92 Å². The number of anilines is 1. The monoisotopic (exact) mass is 496 g/mol. The molecule has 0 spiro atoms. The molecule has 0 aromatic heterocycles. The Hall–Kier alpha value is -3.63. The predicted molar refractivity (Wildman–Crippen MR) is 147 cm³/mol. The Morgan fingerprint density at radius 1 is 1.00 bits per heavy atom. The van der Waals surface area contributed by atoms with Gasteiger partial charge in [-0.1, -0.05) is 91.7 Å². The standard InChI is InChI=1S/C31H29ClN2O2/c1-19-12-14-20(15-13-19)26-27-24(17-31(2,3)18-25(27)35)34(23-11-7-10-22(32)16-23)30(33)28(26)29(36)21-8-5-4-6-9-21/h4-16,26,33,36H,17-18H2,1-3H3/b29-28+,33-30?. The van der Waals surface area contributed by atoms with Crippen LogP contribution in [0.1, 0.15) is 49.3 Å². The van der Waals surface area contributed by atoms with Crippen LogP contribution < -0.4 is 4.90 Å². The van der Waals surface area contributed by atoms with Gasteiger partial charge in [0, 0.05) is 45.5 Å². The summed E-state index contributed by atoms with van der Waals surface area (Å²) in [6, 6.07) is 24.6. The fraction of sp³-hybridized carbons (Fsp3) is 0.226. The number of rotatable bonds is 3. The zero-order chi connectivity index (χ0) is 25.6. The largest absolute Gasteiger partial charge is 0.507 e. The molecular weight excluding hydrogens is 468 g/mol. The maximum Gasteiger partial charge on any atom is 0.162 e. The number of carbonyl (C=O) groups is 1. The lowest BCUT2D eigenvalue weighted by Crippen LogP contribution is -2.45. The van der Waals surface area contributed by atoms with Crippen molar-refractivity contribution >= 4 is 34.7 Å². The number of amidine groups is 1. The van der Waals surface area contributed by atoms with Crippen molar-refractivity contribution in [1.29, 1.82) is 5.41 Å². The van der Waals surface area contributed by atoms with Crippen LogP contribution in [0.3, 0.4) is 0 Å². The number of carbonyl (C=O) groups excluding carboxylic acids is 1. The van der Waals surface area contributed by atoms with E-state index in [1.54, 1.807) is 17.0 Å². The minimum absolute atomic E-state index is 0.00221. The average molecular weight is 497 g/mol. The van der Waals surface area contributed by atoms with Crippen molar-refractivity contribution in [3.8, 4) is 0 Å². The Kier molecular flexibility index (Phi) is 6.09. The molecule has 0 bridgehead atoms. The average Bonchev–Trinajstić information content (AvgIpc) is 2.83. The first kappa shape index (κ1) is 24.1. The molecule has 0 radical (unpaired) electrons. The van der Waals surface area contributed by atoms with E-state index in [-0.39, 0.29) is 22.8 Å². The highest BCUT2D eigenvalue weighted by atomic mass is 35.5. The Labute approximate surface area is 217 Å². The summed E-state index contributed by atoms with van der Waals surface area (Å²) < 4.78 is 0. The van der Waals surface area contributed by atoms with Crippen molar-refractivity contribution in [2.45, 2.75) is 39.5 Å². The molecule has 1 atom stereocenters. The second-order valence-corrected chi connectivity index (χ2v) is 10.9. The van der Waals surface area contributed by atoms with Gasteiger partial charge in [-0.25, -0.2) is 0 Å². The molecule has 5 rings (SSSR count). The van der Waals surface area contributed by atoms with E-state index in [1.165, 1.54) is 0 Å². The van der Waals surface area contributed by atoms with E-state index in [0.29, 0.717) is 40.3 Å². The molecule has 3 aromatic rings. The van der Waals surface area contributed by atoms with Gasteiger partial charge in [-0.3, -0.25) is 15.1 Å². The van der Waals surface area contributed by atoms with Crippen molar-refractivity contribution in [1.82, 2.24) is 0 Å². The normalized spacial score (nSPS) is 20.9. The summed E-state index contributed by atoms with van der Waals surface area (Å²) in [6.07, 6.45) is 1.04. The quantitative estimate of drug-likeness (QED) is 0.363. The highest BCUT2D eigenvalue weighted by Gasteiger charge is 2.46. The van der Waals surface area contributed by atoms with E-state index >= 15 is 0 Å². The molecule has 1 heterocycles. The van der Waals surface area contributed by atoms with Crippen molar-refractivity contribution in [2.24, 2.45) is 5.41 Å². The third-order valence-electron chi connectivity index (χ3n) is 7.00. The van der Waals surface area contributed by atoms with Gasteiger partial charge in [0.1, 0.15) is 11.6 Å². The molecule has 1 aliphatic heterocycles. The second kappa shape index (κ2) is 9.11. The van der Waals surface area contributed by atoms with E-state index in [2.05, 4.69) is 13.8 Å². The van der Waals surface area contributed by atoms with Crippen molar-refractivity contribution in [3.63, 3.8) is 0 Å². The lowest BCUT2D eigenvalue weighted by Gasteiger charge is -2.45. The van der Waals surface area contributed by atoms with Crippen LogP contribution in [0.2, 0.25) is 5.02 Å². The zero-order valence-corrected chi connectivity index (χ0v) is 21.4. The summed E-state index contributed by atoms with van der Waals surface area (Å²) in [5.74, 6) is -0.354. The minimum Gasteiger partial charge on any atom is -0.507 e. The summed E-state index contributed by atoms with van der Waals surface area (Å²) >= 11 is 6.36. The first-order valence-corrected chi connectivity index (χ1v) is 12.5. The topological polar surface area (TPSA) is 64.4 Å². The van der Waals surface area contributed by atoms with Gasteiger partial charge in [-0.15, -0.1) is 0 Å². The molecule has 0 fully saturated rings. The number of halogens is 1. The number of benzene rings is 3. The van der Waals surface area contributed by atoms with Crippen LogP contribution in [0.25, 0.3) is 5.76 Å². The molecule has 0 saturated carbocycles. The number of aliphatic hydroxyl groups excluding tert-OH is 1. The highest BCUT2D eigenvalue weighted by molar-refractivity contribution is 6.31. The number of hydrogen-bond acceptors (Lipinski definition) is 3. The van der Waals surface area contributed by atoms with Crippen molar-refractivity contribution in [2.75, 3.05) is 4.90 Å². The number of allylic oxidation sites excluding steroid dienone is 2. The molecule has 2 aliphatic rings. The summed E-state index contributed by atoms with van der Waals surface area (Å²) in [7, 11) is 0. The van der Waals surface area contributed by atoms with Gasteiger partial charge in [-0.2, -0.15) is 0 Å². The number of nitrogens with one attached hydrogen (secondary N) is 1. The molecular formula is C31H29ClN2O2. The number of ketones is 1. The Morgan fingerprint density at radius 3 is 2.36 bits per heavy atom. The molecule has 0 amide bonds. The lowest BCUT2D eigenvalue weighted by molar-refractivity contribution is -0.118. The first-order chi connectivity index (χ1) is 17.2. The fourth-order valence-electron chi connectivity index (χ4n) is 5.36. The van der Waals surface area contributed by atoms with Gasteiger partial charge in [0.15, 0.2) is 5.78 Å². The highest BCUT2D eigenvalue weighted by Crippen LogP contribution is 2.51. The Morgan fingerprint density at radius 2 is 1.69 bits per heavy atom. The number of aryl methyl sites for hydroxylation is 1. The fourth-order valence-corrected chi connectivity index (χ4v) is 5.54. The van der Waals surface area contributed by atoms with Gasteiger partial charge in [0.2, 0.25) is 0 Å². The van der Waals surface area contributed by atoms with E-state index in [9.17, 15) is 15.3 Å². The van der Waals surface area contributed by atoms with Gasteiger partial charge in [0.25, 0.3) is 0 Å². The lowest BCUT2D eigenvalue weighted by atomic mass is 9.67. The van der Waals surface area contributed by atoms with Gasteiger partial charge < -0.3 is 5.11 Å². The maximum absolute atomic E-state index is 13.9. The summed E-state index contributed by atoms with van der Waals surface area (Å²) in [4.78, 5) is 15.7. The number of Topliss-reactive ketones (excluding diaryl/α,β-unsaturated/α-hetero) is 1. The zero-order valence-electron chi connectivity index (χ0n) is 20.7. The van der Waals surface area contributed by atoms with Crippen molar-refractivity contribution in [3.05, 3.63) is 117 Å². The minimum atomic E-state index is -0.549. The molecule has 182 valence electrons. The van der Waals surface area contributed by atoms with Crippen LogP contribution in [0.15, 0.2) is 95.7 Å². The molecule has 36 heavy (non-hydrogen) atoms. The van der Waals surface area contributed by atoms with Crippen molar-refractivity contribution < 1.29 is 9.90 Å². The number of nitrogens with zero attached hydrogens (tertiary/aromatic N) is 1. The summed E-state index contributed by atoms with van der Waals surface area (Å²) in [6.45, 7) is 6.19. The van der Waals surface area contributed by atoms with Gasteiger partial charge >= 0.3 is 0 Å². The third kappa shape index (κ3) is 4.27. The van der Waals surface area contributed by atoms with Gasteiger partial charge in [-0.05, 0) is 42.5 Å². The predicted octanol–water partition coefficient (Wildman–Crippen LogP) is 7.84. The molecule has 3 aromatic carbocycles. The molecule has 1 aliphatic carbocycles. The first-order valence-electron chi connectivity index (χ1n) is 12.1.